The summed E-state index contributed by atoms with van der Waals surface area (Å²) < 4.78 is 2.22. The van der Waals surface area contributed by atoms with Crippen LogP contribution in [0.3, 0.4) is 0 Å². The number of hydrogen-bond donors (Lipinski definition) is 0. The molecule has 1 amide bonds. The highest BCUT2D eigenvalue weighted by molar-refractivity contribution is 7.99. The van der Waals surface area contributed by atoms with Crippen molar-refractivity contribution in [1.29, 1.82) is 0 Å². The number of carbonyl (C=O) groups is 1. The van der Waals surface area contributed by atoms with E-state index in [1.807, 2.05) is 6.07 Å². The first-order chi connectivity index (χ1) is 12.9. The van der Waals surface area contributed by atoms with Crippen molar-refractivity contribution in [2.24, 2.45) is 0 Å². The predicted octanol–water partition coefficient (Wildman–Crippen LogP) is 4.12. The molecule has 0 saturated carbocycles. The summed E-state index contributed by atoms with van der Waals surface area (Å²) in [4.78, 5) is 15.0. The van der Waals surface area contributed by atoms with Crippen molar-refractivity contribution in [3.63, 3.8) is 0 Å². The van der Waals surface area contributed by atoms with E-state index in [0.29, 0.717) is 17.8 Å². The van der Waals surface area contributed by atoms with E-state index in [0.717, 1.165) is 35.8 Å². The summed E-state index contributed by atoms with van der Waals surface area (Å²) in [5.74, 6) is 1.55. The van der Waals surface area contributed by atoms with Gasteiger partial charge in [-0.15, -0.1) is 10.2 Å². The Morgan fingerprint density at radius 3 is 2.63 bits per heavy atom. The highest BCUT2D eigenvalue weighted by Gasteiger charge is 2.35. The number of hydrogen-bond acceptors (Lipinski definition) is 4. The number of amides is 1. The molecule has 0 N–H and O–H groups in total. The topological polar surface area (TPSA) is 51.0 Å². The zero-order chi connectivity index (χ0) is 19.2. The Labute approximate surface area is 165 Å². The second-order valence-corrected chi connectivity index (χ2v) is 9.45. The number of piperidine rings is 1. The molecule has 6 heteroatoms. The van der Waals surface area contributed by atoms with Crippen LogP contribution in [0, 0.1) is 0 Å². The Kier molecular flexibility index (Phi) is 4.78. The van der Waals surface area contributed by atoms with E-state index in [9.17, 15) is 4.79 Å². The van der Waals surface area contributed by atoms with Gasteiger partial charge in [-0.3, -0.25) is 9.36 Å². The molecule has 0 aliphatic carbocycles. The average Bonchev–Trinajstić information content (AvgIpc) is 3.05. The van der Waals surface area contributed by atoms with Crippen molar-refractivity contribution < 1.29 is 4.79 Å². The van der Waals surface area contributed by atoms with E-state index in [4.69, 9.17) is 0 Å². The van der Waals surface area contributed by atoms with Crippen molar-refractivity contribution in [3.8, 4) is 11.4 Å². The van der Waals surface area contributed by atoms with Crippen molar-refractivity contribution >= 4 is 17.7 Å². The van der Waals surface area contributed by atoms with Gasteiger partial charge >= 0.3 is 0 Å². The van der Waals surface area contributed by atoms with Gasteiger partial charge in [0.05, 0.1) is 5.75 Å². The van der Waals surface area contributed by atoms with Gasteiger partial charge < -0.3 is 4.90 Å². The van der Waals surface area contributed by atoms with E-state index in [2.05, 4.69) is 65.6 Å². The van der Waals surface area contributed by atoms with Gasteiger partial charge in [0.25, 0.3) is 0 Å². The normalized spacial score (nSPS) is 23.6. The number of likely N-dealkylation sites (tertiary alicyclic amines) is 1. The minimum Gasteiger partial charge on any atom is -0.337 e. The van der Waals surface area contributed by atoms with Gasteiger partial charge in [-0.05, 0) is 58.9 Å². The molecule has 1 aromatic heterocycles. The van der Waals surface area contributed by atoms with Crippen LogP contribution in [-0.2, 0) is 16.8 Å². The van der Waals surface area contributed by atoms with Crippen molar-refractivity contribution in [2.75, 3.05) is 5.75 Å². The van der Waals surface area contributed by atoms with Crippen LogP contribution in [0.15, 0.2) is 29.4 Å². The summed E-state index contributed by atoms with van der Waals surface area (Å²) in [5, 5.41) is 9.78. The maximum Gasteiger partial charge on any atom is 0.233 e. The van der Waals surface area contributed by atoms with E-state index < -0.39 is 0 Å². The standard InChI is InChI=1S/C21H28N4OS/c1-14-8-7-9-15(2)24(14)18(26)13-27-20-23-22-19-17-11-6-5-10-16(17)12-21(3,4)25(19)20/h5-6,10-11,14-15H,7-9,12-13H2,1-4H3/t14-,15-/m0/s1. The molecule has 2 atom stereocenters. The number of fused-ring (bicyclic) bond motifs is 3. The highest BCUT2D eigenvalue weighted by atomic mass is 32.2. The molecule has 1 saturated heterocycles. The predicted molar refractivity (Wildman–Crippen MR) is 109 cm³/mol. The lowest BCUT2D eigenvalue weighted by Gasteiger charge is -2.39. The molecular weight excluding hydrogens is 356 g/mol. The fraction of sp³-hybridized carbons (Fsp3) is 0.571. The van der Waals surface area contributed by atoms with Crippen LogP contribution in [-0.4, -0.2) is 43.4 Å². The maximum atomic E-state index is 12.9. The molecule has 1 aromatic carbocycles. The molecule has 0 spiro atoms. The molecule has 0 unspecified atom stereocenters. The van der Waals surface area contributed by atoms with Crippen molar-refractivity contribution in [3.05, 3.63) is 29.8 Å². The molecule has 3 heterocycles. The molecular formula is C21H28N4OS. The Hall–Kier alpha value is -1.82. The fourth-order valence-electron chi connectivity index (χ4n) is 4.63. The monoisotopic (exact) mass is 384 g/mol. The number of carbonyl (C=O) groups excluding carboxylic acids is 1. The van der Waals surface area contributed by atoms with Gasteiger partial charge in [0.1, 0.15) is 0 Å². The Morgan fingerprint density at radius 2 is 1.89 bits per heavy atom. The Morgan fingerprint density at radius 1 is 1.19 bits per heavy atom. The number of nitrogens with zero attached hydrogens (tertiary/aromatic N) is 4. The molecule has 27 heavy (non-hydrogen) atoms. The van der Waals surface area contributed by atoms with Gasteiger partial charge in [0, 0.05) is 23.2 Å². The Bertz CT molecular complexity index is 850. The first kappa shape index (κ1) is 18.5. The van der Waals surface area contributed by atoms with E-state index in [1.54, 1.807) is 0 Å². The largest absolute Gasteiger partial charge is 0.337 e. The van der Waals surface area contributed by atoms with E-state index >= 15 is 0 Å². The lowest BCUT2D eigenvalue weighted by molar-refractivity contribution is -0.134. The third-order valence-electron chi connectivity index (χ3n) is 5.93. The van der Waals surface area contributed by atoms with E-state index in [1.165, 1.54) is 23.7 Å². The van der Waals surface area contributed by atoms with Crippen LogP contribution in [0.5, 0.6) is 0 Å². The lowest BCUT2D eigenvalue weighted by atomic mass is 9.87. The van der Waals surface area contributed by atoms with Gasteiger partial charge in [-0.25, -0.2) is 0 Å². The van der Waals surface area contributed by atoms with Crippen molar-refractivity contribution in [1.82, 2.24) is 19.7 Å². The summed E-state index contributed by atoms with van der Waals surface area (Å²) in [6.45, 7) is 8.77. The van der Waals surface area contributed by atoms with Crippen LogP contribution in [0.25, 0.3) is 11.4 Å². The summed E-state index contributed by atoms with van der Waals surface area (Å²) in [7, 11) is 0. The summed E-state index contributed by atoms with van der Waals surface area (Å²) in [6.07, 6.45) is 4.36. The lowest BCUT2D eigenvalue weighted by Crippen LogP contribution is -2.48. The number of thioether (sulfide) groups is 1. The molecule has 1 fully saturated rings. The molecule has 144 valence electrons. The van der Waals surface area contributed by atoms with E-state index in [-0.39, 0.29) is 11.4 Å². The van der Waals surface area contributed by atoms with Gasteiger partial charge in [0.2, 0.25) is 5.91 Å². The fourth-order valence-corrected chi connectivity index (χ4v) is 5.60. The molecule has 0 bridgehead atoms. The van der Waals surface area contributed by atoms with Gasteiger partial charge in [0.15, 0.2) is 11.0 Å². The molecule has 0 radical (unpaired) electrons. The van der Waals surface area contributed by atoms with Crippen LogP contribution in [0.2, 0.25) is 0 Å². The number of aromatic nitrogens is 3. The zero-order valence-corrected chi connectivity index (χ0v) is 17.4. The molecule has 5 nitrogen and oxygen atoms in total. The number of rotatable bonds is 3. The third kappa shape index (κ3) is 3.28. The van der Waals surface area contributed by atoms with Crippen LogP contribution < -0.4 is 0 Å². The quantitative estimate of drug-likeness (QED) is 0.747. The molecule has 2 aliphatic heterocycles. The minimum atomic E-state index is -0.107. The molecule has 2 aliphatic rings. The summed E-state index contributed by atoms with van der Waals surface area (Å²) in [6, 6.07) is 9.07. The number of benzene rings is 1. The molecule has 4 rings (SSSR count). The molecule has 2 aromatic rings. The highest BCUT2D eigenvalue weighted by Crippen LogP contribution is 2.39. The maximum absolute atomic E-state index is 12.9. The van der Waals surface area contributed by atoms with Gasteiger partial charge in [-0.2, -0.15) is 0 Å². The van der Waals surface area contributed by atoms with Gasteiger partial charge in [-0.1, -0.05) is 36.0 Å². The second kappa shape index (κ2) is 6.97. The second-order valence-electron chi connectivity index (χ2n) is 8.51. The minimum absolute atomic E-state index is 0.107. The van der Waals surface area contributed by atoms with Crippen LogP contribution in [0.4, 0.5) is 0 Å². The average molecular weight is 385 g/mol. The third-order valence-corrected chi connectivity index (χ3v) is 6.84. The van der Waals surface area contributed by atoms with Crippen LogP contribution in [0.1, 0.15) is 52.5 Å². The smallest absolute Gasteiger partial charge is 0.233 e. The summed E-state index contributed by atoms with van der Waals surface area (Å²) in [5.41, 5.74) is 2.36. The summed E-state index contributed by atoms with van der Waals surface area (Å²) >= 11 is 1.52. The van der Waals surface area contributed by atoms with Crippen LogP contribution >= 0.6 is 11.8 Å². The Balaban J connectivity index is 1.57. The van der Waals surface area contributed by atoms with Crippen molar-refractivity contribution in [2.45, 2.75) is 76.2 Å². The SMILES string of the molecule is C[C@H]1CCC[C@H](C)N1C(=O)CSc1nnc2n1C(C)(C)Cc1ccccc1-2. The first-order valence-electron chi connectivity index (χ1n) is 9.86. The zero-order valence-electron chi connectivity index (χ0n) is 16.6. The first-order valence-corrected chi connectivity index (χ1v) is 10.8.